The van der Waals surface area contributed by atoms with E-state index in [1.54, 1.807) is 52.1 Å². The van der Waals surface area contributed by atoms with Crippen LogP contribution in [0.1, 0.15) is 75.4 Å². The zero-order valence-corrected chi connectivity index (χ0v) is 47.7. The van der Waals surface area contributed by atoms with Crippen LogP contribution in [0.3, 0.4) is 0 Å². The van der Waals surface area contributed by atoms with Gasteiger partial charge in [-0.05, 0) is 83.4 Å². The molecule has 4 aromatic carbocycles. The van der Waals surface area contributed by atoms with Crippen molar-refractivity contribution in [3.05, 3.63) is 119 Å². The van der Waals surface area contributed by atoms with E-state index >= 15 is 8.78 Å². The molecule has 0 saturated carbocycles. The fraction of sp³-hybridized carbons (Fsp3) is 0.400. The quantitative estimate of drug-likeness (QED) is 0.0681. The van der Waals surface area contributed by atoms with E-state index in [9.17, 15) is 34.2 Å². The number of β-amino-alcohol motifs (C(OH)–C–C–N with tert-alkyl or cyclic N) is 1. The van der Waals surface area contributed by atoms with Crippen molar-refractivity contribution in [2.45, 2.75) is 89.2 Å². The number of likely N-dealkylation sites (tertiary alicyclic amines) is 2. The number of thiazole rings is 1. The maximum atomic E-state index is 17.3. The van der Waals surface area contributed by atoms with Gasteiger partial charge < -0.3 is 44.2 Å². The number of nitriles is 1. The Morgan fingerprint density at radius 2 is 1.76 bits per heavy atom. The summed E-state index contributed by atoms with van der Waals surface area (Å²) < 4.78 is 65.5. The van der Waals surface area contributed by atoms with Gasteiger partial charge in [-0.3, -0.25) is 19.3 Å². The van der Waals surface area contributed by atoms with Gasteiger partial charge in [0.1, 0.15) is 47.9 Å². The van der Waals surface area contributed by atoms with Gasteiger partial charge >= 0.3 is 6.01 Å². The van der Waals surface area contributed by atoms with Gasteiger partial charge in [0.25, 0.3) is 11.8 Å². The SMILES string of the molecule is C=C(F)C(=O)N1CCN(c2nc(OCCN3CCC(F)(COc4cc([C@@H](C(=O)N5C[C@H](O)C[C@H]5C(=O)N[C@@H](C)c5ccc(-c6scnc6C)cc5)C(C)C)on4)CC3)nc3c(F)c(-c4cc(O)cc5ccccc45)c(Cl)cc23)C[C@@H]1CC#N. The number of alkyl halides is 1. The molecule has 3 fully saturated rings. The van der Waals surface area contributed by atoms with Crippen LogP contribution in [-0.4, -0.2) is 146 Å². The number of nitrogens with one attached hydrogen (secondary N) is 1. The van der Waals surface area contributed by atoms with E-state index in [2.05, 4.69) is 33.1 Å². The minimum atomic E-state index is -1.75. The molecule has 3 aliphatic rings. The summed E-state index contributed by atoms with van der Waals surface area (Å²) in [7, 11) is 0. The number of hydrogen-bond acceptors (Lipinski definition) is 16. The van der Waals surface area contributed by atoms with Crippen LogP contribution in [0.2, 0.25) is 5.02 Å². The highest BCUT2D eigenvalue weighted by Crippen LogP contribution is 2.43. The van der Waals surface area contributed by atoms with Crippen molar-refractivity contribution >= 4 is 68.2 Å². The number of amides is 3. The number of phenolic OH excluding ortho intramolecular Hbond substituents is 1. The minimum absolute atomic E-state index is 0.00152. The van der Waals surface area contributed by atoms with E-state index in [0.29, 0.717) is 36.0 Å². The number of ether oxygens (including phenoxy) is 2. The van der Waals surface area contributed by atoms with Crippen molar-refractivity contribution in [3.8, 4) is 45.3 Å². The fourth-order valence-corrected chi connectivity index (χ4v) is 12.5. The van der Waals surface area contributed by atoms with Gasteiger partial charge in [-0.2, -0.15) is 15.2 Å². The highest BCUT2D eigenvalue weighted by Gasteiger charge is 2.44. The third-order valence-electron chi connectivity index (χ3n) is 15.8. The highest BCUT2D eigenvalue weighted by molar-refractivity contribution is 7.13. The van der Waals surface area contributed by atoms with Crippen LogP contribution in [-0.2, 0) is 14.4 Å². The average molecular weight is 1180 g/mol. The third kappa shape index (κ3) is 12.4. The lowest BCUT2D eigenvalue weighted by molar-refractivity contribution is -0.141. The number of carbonyl (C=O) groups excluding carboxylic acids is 3. The van der Waals surface area contributed by atoms with Crippen LogP contribution in [0.15, 0.2) is 95.2 Å². The highest BCUT2D eigenvalue weighted by atomic mass is 35.5. The van der Waals surface area contributed by atoms with Gasteiger partial charge in [-0.15, -0.1) is 11.3 Å². The first-order valence-electron chi connectivity index (χ1n) is 27.4. The number of aryl methyl sites for hydroxylation is 1. The third-order valence-corrected chi connectivity index (χ3v) is 17.1. The van der Waals surface area contributed by atoms with E-state index in [-0.39, 0.29) is 128 Å². The topological polar surface area (TPSA) is 224 Å². The largest absolute Gasteiger partial charge is 0.508 e. The van der Waals surface area contributed by atoms with Crippen molar-refractivity contribution < 1.29 is 51.8 Å². The molecule has 7 aromatic rings. The number of phenols is 1. The second kappa shape index (κ2) is 24.5. The zero-order valence-electron chi connectivity index (χ0n) is 46.2. The molecule has 3 N–H and O–H groups in total. The van der Waals surface area contributed by atoms with E-state index in [4.69, 9.17) is 30.6 Å². The number of nitrogens with zero attached hydrogens (tertiary/aromatic N) is 9. The molecule has 3 amide bonds. The van der Waals surface area contributed by atoms with Crippen LogP contribution in [0.4, 0.5) is 19.0 Å². The maximum Gasteiger partial charge on any atom is 0.319 e. The summed E-state index contributed by atoms with van der Waals surface area (Å²) in [5.41, 5.74) is 3.03. The molecule has 0 spiro atoms. The Labute approximate surface area is 486 Å². The number of piperidine rings is 1. The van der Waals surface area contributed by atoms with Crippen LogP contribution in [0, 0.1) is 30.0 Å². The summed E-state index contributed by atoms with van der Waals surface area (Å²) in [5.74, 6) is -4.69. The summed E-state index contributed by atoms with van der Waals surface area (Å²) in [6.45, 7) is 11.3. The molecule has 6 heterocycles. The number of aromatic hydroxyl groups is 1. The molecule has 10 rings (SSSR count). The monoisotopic (exact) mass is 1170 g/mol. The molecule has 0 bridgehead atoms. The fourth-order valence-electron chi connectivity index (χ4n) is 11.4. The zero-order chi connectivity index (χ0) is 58.9. The van der Waals surface area contributed by atoms with Gasteiger partial charge in [-0.25, -0.2) is 18.2 Å². The summed E-state index contributed by atoms with van der Waals surface area (Å²) in [4.78, 5) is 61.9. The number of aliphatic hydroxyl groups is 1. The molecule has 18 nitrogen and oxygen atoms in total. The lowest BCUT2D eigenvalue weighted by Gasteiger charge is -2.41. The summed E-state index contributed by atoms with van der Waals surface area (Å²) in [6, 6.07) is 20.7. The Kier molecular flexibility index (Phi) is 17.3. The van der Waals surface area contributed by atoms with E-state index in [1.165, 1.54) is 28.0 Å². The van der Waals surface area contributed by atoms with Gasteiger partial charge in [0.05, 0.1) is 51.8 Å². The number of halogens is 4. The van der Waals surface area contributed by atoms with Crippen LogP contribution in [0.5, 0.6) is 17.6 Å². The molecule has 5 atom stereocenters. The first kappa shape index (κ1) is 58.4. The first-order chi connectivity index (χ1) is 39.8. The number of benzene rings is 4. The molecular formula is C60H62ClF3N10O8S. The number of piperazine rings is 1. The second-order valence-electron chi connectivity index (χ2n) is 21.8. The Hall–Kier alpha value is -7.84. The van der Waals surface area contributed by atoms with Crippen molar-refractivity contribution in [1.29, 1.82) is 5.26 Å². The lowest BCUT2D eigenvalue weighted by atomic mass is 9.91. The van der Waals surface area contributed by atoms with E-state index in [1.807, 2.05) is 56.9 Å². The first-order valence-corrected chi connectivity index (χ1v) is 28.7. The van der Waals surface area contributed by atoms with E-state index in [0.717, 1.165) is 21.7 Å². The summed E-state index contributed by atoms with van der Waals surface area (Å²) >= 11 is 8.47. The van der Waals surface area contributed by atoms with Gasteiger partial charge in [0.2, 0.25) is 11.8 Å². The second-order valence-corrected chi connectivity index (χ2v) is 23.0. The van der Waals surface area contributed by atoms with Crippen LogP contribution >= 0.6 is 22.9 Å². The van der Waals surface area contributed by atoms with Crippen molar-refractivity contribution in [2.24, 2.45) is 5.92 Å². The number of hydrogen-bond donors (Lipinski definition) is 3. The molecule has 23 heteroatoms. The molecule has 3 aromatic heterocycles. The number of anilines is 1. The van der Waals surface area contributed by atoms with Gasteiger partial charge in [0, 0.05) is 69.3 Å². The molecule has 3 saturated heterocycles. The molecule has 83 heavy (non-hydrogen) atoms. The number of carbonyl (C=O) groups is 3. The molecule has 0 aliphatic carbocycles. The van der Waals surface area contributed by atoms with Crippen LogP contribution < -0.4 is 19.7 Å². The predicted octanol–water partition coefficient (Wildman–Crippen LogP) is 9.62. The Morgan fingerprint density at radius 3 is 2.47 bits per heavy atom. The average Bonchev–Trinajstić information content (AvgIpc) is 3.68. The van der Waals surface area contributed by atoms with Crippen molar-refractivity contribution in [1.82, 2.24) is 40.1 Å². The Morgan fingerprint density at radius 1 is 1.00 bits per heavy atom. The predicted molar refractivity (Wildman–Crippen MR) is 307 cm³/mol. The van der Waals surface area contributed by atoms with Crippen LogP contribution in [0.25, 0.3) is 43.2 Å². The van der Waals surface area contributed by atoms with E-state index < -0.39 is 59.1 Å². The smallest absolute Gasteiger partial charge is 0.319 e. The van der Waals surface area contributed by atoms with Gasteiger partial charge in [0.15, 0.2) is 17.4 Å². The summed E-state index contributed by atoms with van der Waals surface area (Å²) in [6.07, 6.45) is -0.823. The van der Waals surface area contributed by atoms with Crippen molar-refractivity contribution in [2.75, 3.05) is 63.9 Å². The molecule has 434 valence electrons. The molecule has 0 radical (unpaired) electrons. The molecule has 3 aliphatic heterocycles. The maximum absolute atomic E-state index is 17.3. The number of rotatable bonds is 18. The Balaban J connectivity index is 0.778. The number of aliphatic hydroxyl groups excluding tert-OH is 1. The lowest BCUT2D eigenvalue weighted by Crippen LogP contribution is -2.55. The van der Waals surface area contributed by atoms with Crippen molar-refractivity contribution in [3.63, 3.8) is 0 Å². The Bertz CT molecular complexity index is 3630. The van der Waals surface area contributed by atoms with Gasteiger partial charge in [-0.1, -0.05) is 80.6 Å². The standard InChI is InChI=1S/C60H62ClF3N10O8S/c1-33(2)50(58(79)74-30-42(76)26-47(74)56(77)67-35(4)37-10-12-38(13-11-37)54-36(5)66-32-83-54)48-28-49(70-82-48)81-31-60(64)15-18-71(19-16-60)22-23-80-59-68-53-45(55(69-59)72-20-21-73(57(78)34(3)62)40(29-72)14-17-65)27-46(61)51(52(53)63)44-25-41(75)24-39-8-6-7-9-43(39)44/h6-13,24-25,27-28,32-33,35,40,42,47,50,75-76H,3,14-16,18-23,26,29-31H2,1-2,4-5H3,(H,67,77)/t35-,40-,42+,47-,50-/m0/s1. The summed E-state index contributed by atoms with van der Waals surface area (Å²) in [5, 5.41) is 39.7. The number of aromatic nitrogens is 4. The minimum Gasteiger partial charge on any atom is -0.508 e. The molecule has 0 unspecified atom stereocenters. The number of fused-ring (bicyclic) bond motifs is 2. The normalized spacial score (nSPS) is 19.0. The molecular weight excluding hydrogens is 1110 g/mol.